The number of ether oxygens (including phenoxy) is 1. The molecule has 0 amide bonds. The van der Waals surface area contributed by atoms with Gasteiger partial charge >= 0.3 is 0 Å². The van der Waals surface area contributed by atoms with Crippen LogP contribution in [0.5, 0.6) is 0 Å². The first-order chi connectivity index (χ1) is 11.8. The van der Waals surface area contributed by atoms with Gasteiger partial charge in [0.2, 0.25) is 0 Å². The van der Waals surface area contributed by atoms with Crippen molar-refractivity contribution in [3.05, 3.63) is 57.8 Å². The molecule has 2 atom stereocenters. The Bertz CT molecular complexity index is 657. The quantitative estimate of drug-likeness (QED) is 0.875. The van der Waals surface area contributed by atoms with Gasteiger partial charge in [-0.15, -0.1) is 11.3 Å². The molecular formula is C19H23N3OS. The summed E-state index contributed by atoms with van der Waals surface area (Å²) in [5.41, 5.74) is 1.91. The Morgan fingerprint density at radius 1 is 1.25 bits per heavy atom. The first-order valence-corrected chi connectivity index (χ1v) is 9.24. The molecule has 0 radical (unpaired) electrons. The number of thiophene rings is 1. The van der Waals surface area contributed by atoms with Gasteiger partial charge in [-0.05, 0) is 36.1 Å². The predicted octanol–water partition coefficient (Wildman–Crippen LogP) is 3.34. The highest BCUT2D eigenvalue weighted by Crippen LogP contribution is 2.26. The summed E-state index contributed by atoms with van der Waals surface area (Å²) < 4.78 is 5.50. The topological polar surface area (TPSA) is 48.3 Å². The third-order valence-corrected chi connectivity index (χ3v) is 5.49. The van der Waals surface area contributed by atoms with Crippen molar-refractivity contribution in [1.82, 2.24) is 10.2 Å². The summed E-state index contributed by atoms with van der Waals surface area (Å²) in [4.78, 5) is 3.91. The number of hydrogen-bond acceptors (Lipinski definition) is 5. The van der Waals surface area contributed by atoms with Crippen molar-refractivity contribution in [2.45, 2.75) is 19.0 Å². The summed E-state index contributed by atoms with van der Waals surface area (Å²) in [6, 6.07) is 15.0. The average Bonchev–Trinajstić information content (AvgIpc) is 3.17. The number of benzene rings is 1. The molecule has 3 rings (SSSR count). The minimum absolute atomic E-state index is 0.251. The zero-order valence-electron chi connectivity index (χ0n) is 13.9. The molecule has 0 saturated carbocycles. The fourth-order valence-electron chi connectivity index (χ4n) is 3.03. The lowest BCUT2D eigenvalue weighted by Gasteiger charge is -2.34. The van der Waals surface area contributed by atoms with E-state index in [2.05, 4.69) is 40.7 Å². The van der Waals surface area contributed by atoms with Crippen molar-refractivity contribution in [2.24, 2.45) is 0 Å². The van der Waals surface area contributed by atoms with Gasteiger partial charge in [0, 0.05) is 30.6 Å². The Morgan fingerprint density at radius 2 is 2.00 bits per heavy atom. The van der Waals surface area contributed by atoms with Crippen LogP contribution in [-0.4, -0.2) is 37.7 Å². The Hall–Kier alpha value is -1.71. The number of nitrogens with one attached hydrogen (secondary N) is 1. The lowest BCUT2D eigenvalue weighted by atomic mass is 10.1. The molecule has 1 fully saturated rings. The third-order valence-electron chi connectivity index (χ3n) is 4.52. The van der Waals surface area contributed by atoms with E-state index in [9.17, 15) is 0 Å². The Balaban J connectivity index is 1.65. The second kappa shape index (κ2) is 8.41. The molecule has 126 valence electrons. The van der Waals surface area contributed by atoms with Crippen LogP contribution in [0.2, 0.25) is 0 Å². The van der Waals surface area contributed by atoms with E-state index in [1.165, 1.54) is 10.4 Å². The van der Waals surface area contributed by atoms with Gasteiger partial charge in [-0.1, -0.05) is 18.2 Å². The Kier molecular flexibility index (Phi) is 6.00. The first-order valence-electron chi connectivity index (χ1n) is 8.36. The molecule has 1 aliphatic rings. The van der Waals surface area contributed by atoms with E-state index in [0.29, 0.717) is 11.6 Å². The SMILES string of the molecule is CC(NCC(c1cccs1)N1CCOCC1)c1ccc(C#N)cc1. The van der Waals surface area contributed by atoms with E-state index in [4.69, 9.17) is 10.00 Å². The van der Waals surface area contributed by atoms with Gasteiger partial charge < -0.3 is 10.1 Å². The number of rotatable bonds is 6. The van der Waals surface area contributed by atoms with Crippen molar-refractivity contribution < 1.29 is 4.74 Å². The smallest absolute Gasteiger partial charge is 0.0991 e. The molecule has 1 aliphatic heterocycles. The maximum Gasteiger partial charge on any atom is 0.0991 e. The highest BCUT2D eigenvalue weighted by atomic mass is 32.1. The molecule has 1 aromatic carbocycles. The van der Waals surface area contributed by atoms with Crippen LogP contribution in [0.15, 0.2) is 41.8 Å². The summed E-state index contributed by atoms with van der Waals surface area (Å²) in [6.45, 7) is 6.67. The van der Waals surface area contributed by atoms with E-state index in [1.54, 1.807) is 0 Å². The van der Waals surface area contributed by atoms with E-state index in [-0.39, 0.29) is 6.04 Å². The summed E-state index contributed by atoms with van der Waals surface area (Å²) in [6.07, 6.45) is 0. The molecule has 4 nitrogen and oxygen atoms in total. The summed E-state index contributed by atoms with van der Waals surface area (Å²) in [5.74, 6) is 0. The second-order valence-electron chi connectivity index (χ2n) is 6.04. The molecule has 0 aliphatic carbocycles. The molecule has 2 aromatic rings. The van der Waals surface area contributed by atoms with Gasteiger partial charge in [0.15, 0.2) is 0 Å². The van der Waals surface area contributed by atoms with Gasteiger partial charge in [0.05, 0.1) is 30.9 Å². The molecule has 2 heterocycles. The molecule has 2 unspecified atom stereocenters. The molecule has 0 spiro atoms. The molecule has 24 heavy (non-hydrogen) atoms. The third kappa shape index (κ3) is 4.22. The van der Waals surface area contributed by atoms with Gasteiger partial charge in [-0.25, -0.2) is 0 Å². The fourth-order valence-corrected chi connectivity index (χ4v) is 3.89. The monoisotopic (exact) mass is 341 g/mol. The van der Waals surface area contributed by atoms with Crippen molar-refractivity contribution in [3.63, 3.8) is 0 Å². The van der Waals surface area contributed by atoms with Crippen molar-refractivity contribution in [3.8, 4) is 6.07 Å². The van der Waals surface area contributed by atoms with Crippen LogP contribution in [-0.2, 0) is 4.74 Å². The summed E-state index contributed by atoms with van der Waals surface area (Å²) in [5, 5.41) is 14.7. The maximum absolute atomic E-state index is 8.91. The minimum atomic E-state index is 0.251. The second-order valence-corrected chi connectivity index (χ2v) is 7.02. The molecule has 1 aromatic heterocycles. The van der Waals surface area contributed by atoms with Gasteiger partial charge in [-0.2, -0.15) is 5.26 Å². The number of nitrogens with zero attached hydrogens (tertiary/aromatic N) is 2. The van der Waals surface area contributed by atoms with E-state index in [0.717, 1.165) is 32.8 Å². The van der Waals surface area contributed by atoms with Crippen molar-refractivity contribution in [2.75, 3.05) is 32.8 Å². The maximum atomic E-state index is 8.91. The first kappa shape index (κ1) is 17.1. The standard InChI is InChI=1S/C19H23N3OS/c1-15(17-6-4-16(13-20)5-7-17)21-14-18(19-3-2-12-24-19)22-8-10-23-11-9-22/h2-7,12,15,18,21H,8-11,14H2,1H3. The van der Waals surface area contributed by atoms with Crippen LogP contribution in [0.25, 0.3) is 0 Å². The lowest BCUT2D eigenvalue weighted by Crippen LogP contribution is -2.42. The highest BCUT2D eigenvalue weighted by molar-refractivity contribution is 7.10. The van der Waals surface area contributed by atoms with Crippen molar-refractivity contribution >= 4 is 11.3 Å². The molecule has 0 bridgehead atoms. The van der Waals surface area contributed by atoms with Crippen molar-refractivity contribution in [1.29, 1.82) is 5.26 Å². The van der Waals surface area contributed by atoms with Gasteiger partial charge in [0.25, 0.3) is 0 Å². The zero-order chi connectivity index (χ0) is 16.8. The fraction of sp³-hybridized carbons (Fsp3) is 0.421. The number of morpholine rings is 1. The highest BCUT2D eigenvalue weighted by Gasteiger charge is 2.23. The van der Waals surface area contributed by atoms with Gasteiger partial charge in [0.1, 0.15) is 0 Å². The zero-order valence-corrected chi connectivity index (χ0v) is 14.8. The Labute approximate surface area is 147 Å². The molecular weight excluding hydrogens is 318 g/mol. The minimum Gasteiger partial charge on any atom is -0.379 e. The van der Waals surface area contributed by atoms with Crippen LogP contribution in [0, 0.1) is 11.3 Å². The van der Waals surface area contributed by atoms with Crippen LogP contribution in [0.4, 0.5) is 0 Å². The Morgan fingerprint density at radius 3 is 2.62 bits per heavy atom. The van der Waals surface area contributed by atoms with Crippen LogP contribution >= 0.6 is 11.3 Å². The van der Waals surface area contributed by atoms with Crippen LogP contribution < -0.4 is 5.32 Å². The molecule has 1 N–H and O–H groups in total. The number of hydrogen-bond donors (Lipinski definition) is 1. The summed E-state index contributed by atoms with van der Waals surface area (Å²) >= 11 is 1.82. The predicted molar refractivity (Wildman–Crippen MR) is 97.0 cm³/mol. The van der Waals surface area contributed by atoms with Gasteiger partial charge in [-0.3, -0.25) is 4.90 Å². The summed E-state index contributed by atoms with van der Waals surface area (Å²) in [7, 11) is 0. The van der Waals surface area contributed by atoms with E-state index < -0.39 is 0 Å². The largest absolute Gasteiger partial charge is 0.379 e. The lowest BCUT2D eigenvalue weighted by molar-refractivity contribution is 0.0164. The van der Waals surface area contributed by atoms with E-state index >= 15 is 0 Å². The average molecular weight is 341 g/mol. The normalized spacial score (nSPS) is 18.0. The van der Waals surface area contributed by atoms with Crippen LogP contribution in [0.3, 0.4) is 0 Å². The number of nitriles is 1. The van der Waals surface area contributed by atoms with Crippen LogP contribution in [0.1, 0.15) is 35.0 Å². The van der Waals surface area contributed by atoms with E-state index in [1.807, 2.05) is 35.6 Å². The molecule has 1 saturated heterocycles. The molecule has 5 heteroatoms.